The Labute approximate surface area is 165 Å². The van der Waals surface area contributed by atoms with Crippen molar-refractivity contribution in [3.8, 4) is 0 Å². The lowest BCUT2D eigenvalue weighted by molar-refractivity contribution is -0.204. The number of carboxylic acid groups (broad SMARTS) is 1. The molecule has 1 spiro atoms. The lowest BCUT2D eigenvalue weighted by Gasteiger charge is -2.29. The van der Waals surface area contributed by atoms with Gasteiger partial charge >= 0.3 is 11.9 Å². The summed E-state index contributed by atoms with van der Waals surface area (Å²) in [7, 11) is 0. The molecule has 6 nitrogen and oxygen atoms in total. The fourth-order valence-corrected chi connectivity index (χ4v) is 5.18. The predicted molar refractivity (Wildman–Crippen MR) is 103 cm³/mol. The van der Waals surface area contributed by atoms with Crippen LogP contribution in [0, 0.1) is 11.8 Å². The molecule has 5 atom stereocenters. The van der Waals surface area contributed by atoms with Gasteiger partial charge in [-0.05, 0) is 57.2 Å². The van der Waals surface area contributed by atoms with Crippen LogP contribution in [0.2, 0.25) is 0 Å². The SMILES string of the molecule is CC[C@H]1[C@@H]2c3ccc(CC[C@H](C)C(=O)O)n3CCC[C@H]2O[C@@]12C=C(C)C(=O)O2. The largest absolute Gasteiger partial charge is 0.481 e. The van der Waals surface area contributed by atoms with Gasteiger partial charge in [0.15, 0.2) is 0 Å². The highest BCUT2D eigenvalue weighted by molar-refractivity contribution is 5.90. The van der Waals surface area contributed by atoms with E-state index in [-0.39, 0.29) is 29.8 Å². The molecule has 28 heavy (non-hydrogen) atoms. The number of aliphatic carboxylic acids is 1. The molecule has 0 amide bonds. The molecule has 1 N–H and O–H groups in total. The number of carboxylic acids is 1. The third-order valence-corrected chi connectivity index (χ3v) is 6.69. The molecule has 6 heteroatoms. The summed E-state index contributed by atoms with van der Waals surface area (Å²) in [6.07, 6.45) is 6.07. The monoisotopic (exact) mass is 387 g/mol. The van der Waals surface area contributed by atoms with Crippen LogP contribution >= 0.6 is 0 Å². The predicted octanol–water partition coefficient (Wildman–Crippen LogP) is 3.64. The van der Waals surface area contributed by atoms with Crippen LogP contribution in [0.15, 0.2) is 23.8 Å². The van der Waals surface area contributed by atoms with Gasteiger partial charge in [0, 0.05) is 35.3 Å². The lowest BCUT2D eigenvalue weighted by atomic mass is 9.80. The summed E-state index contributed by atoms with van der Waals surface area (Å²) in [6, 6.07) is 4.30. The maximum Gasteiger partial charge on any atom is 0.336 e. The molecule has 0 aliphatic carbocycles. The third kappa shape index (κ3) is 2.98. The van der Waals surface area contributed by atoms with E-state index in [4.69, 9.17) is 9.47 Å². The molecule has 0 saturated carbocycles. The first-order valence-electron chi connectivity index (χ1n) is 10.4. The number of carbonyl (C=O) groups excluding carboxylic acids is 1. The normalized spacial score (nSPS) is 32.5. The van der Waals surface area contributed by atoms with Gasteiger partial charge in [0.05, 0.1) is 12.0 Å². The third-order valence-electron chi connectivity index (χ3n) is 6.69. The average Bonchev–Trinajstić information content (AvgIpc) is 3.22. The fraction of sp³-hybridized carbons (Fsp3) is 0.636. The number of rotatable bonds is 5. The van der Waals surface area contributed by atoms with Crippen LogP contribution in [0.4, 0.5) is 0 Å². The highest BCUT2D eigenvalue weighted by atomic mass is 16.7. The van der Waals surface area contributed by atoms with Crippen LogP contribution in [0.5, 0.6) is 0 Å². The minimum absolute atomic E-state index is 0.0295. The highest BCUT2D eigenvalue weighted by Gasteiger charge is 2.59. The number of aryl methyl sites for hydroxylation is 1. The number of aromatic nitrogens is 1. The van der Waals surface area contributed by atoms with E-state index in [0.29, 0.717) is 12.0 Å². The van der Waals surface area contributed by atoms with E-state index in [1.807, 2.05) is 6.08 Å². The maximum absolute atomic E-state index is 12.1. The quantitative estimate of drug-likeness (QED) is 0.781. The Kier molecular flexibility index (Phi) is 4.86. The second-order valence-electron chi connectivity index (χ2n) is 8.46. The number of hydrogen-bond acceptors (Lipinski definition) is 4. The summed E-state index contributed by atoms with van der Waals surface area (Å²) < 4.78 is 14.5. The van der Waals surface area contributed by atoms with Gasteiger partial charge < -0.3 is 19.1 Å². The van der Waals surface area contributed by atoms with Crippen molar-refractivity contribution < 1.29 is 24.2 Å². The molecule has 4 rings (SSSR count). The summed E-state index contributed by atoms with van der Waals surface area (Å²) in [5.41, 5.74) is 3.04. The fourth-order valence-electron chi connectivity index (χ4n) is 5.18. The standard InChI is InChI=1S/C22H29NO5/c1-4-16-19-17-10-9-15(8-7-13(2)20(24)25)23(17)11-5-6-18(19)27-22(16)12-14(3)21(26)28-22/h9-10,12-13,16,18-19H,4-8,11H2,1-3H3,(H,24,25)/t13-,16-,18+,19+,22+/m0/s1. The smallest absolute Gasteiger partial charge is 0.336 e. The van der Waals surface area contributed by atoms with Crippen LogP contribution < -0.4 is 0 Å². The lowest BCUT2D eigenvalue weighted by Crippen LogP contribution is -2.36. The van der Waals surface area contributed by atoms with Gasteiger partial charge in [0.25, 0.3) is 0 Å². The van der Waals surface area contributed by atoms with Gasteiger partial charge in [-0.3, -0.25) is 4.79 Å². The molecule has 0 aromatic carbocycles. The first-order chi connectivity index (χ1) is 13.4. The summed E-state index contributed by atoms with van der Waals surface area (Å²) in [4.78, 5) is 23.3. The van der Waals surface area contributed by atoms with Gasteiger partial charge in [-0.1, -0.05) is 13.8 Å². The van der Waals surface area contributed by atoms with Crippen molar-refractivity contribution in [3.63, 3.8) is 0 Å². The molecule has 1 aromatic heterocycles. The molecule has 0 bridgehead atoms. The maximum atomic E-state index is 12.1. The molecule has 0 unspecified atom stereocenters. The van der Waals surface area contributed by atoms with E-state index < -0.39 is 11.8 Å². The molecule has 0 radical (unpaired) electrons. The van der Waals surface area contributed by atoms with Crippen LogP contribution in [0.3, 0.4) is 0 Å². The van der Waals surface area contributed by atoms with Crippen molar-refractivity contribution in [1.29, 1.82) is 0 Å². The number of hydrogen-bond donors (Lipinski definition) is 1. The van der Waals surface area contributed by atoms with Crippen LogP contribution in [-0.2, 0) is 32.0 Å². The van der Waals surface area contributed by atoms with Crippen LogP contribution in [-0.4, -0.2) is 33.5 Å². The molecule has 3 aliphatic rings. The number of ether oxygens (including phenoxy) is 2. The second kappa shape index (κ2) is 7.07. The van der Waals surface area contributed by atoms with E-state index in [1.165, 1.54) is 11.4 Å². The molecule has 4 heterocycles. The van der Waals surface area contributed by atoms with Crippen molar-refractivity contribution in [2.75, 3.05) is 0 Å². The minimum Gasteiger partial charge on any atom is -0.481 e. The Morgan fingerprint density at radius 1 is 1.43 bits per heavy atom. The second-order valence-corrected chi connectivity index (χ2v) is 8.46. The number of nitrogens with zero attached hydrogens (tertiary/aromatic N) is 1. The minimum atomic E-state index is -0.935. The molecular formula is C22H29NO5. The zero-order valence-electron chi connectivity index (χ0n) is 16.8. The van der Waals surface area contributed by atoms with Crippen molar-refractivity contribution in [2.45, 2.75) is 77.2 Å². The molecule has 1 saturated heterocycles. The van der Waals surface area contributed by atoms with Crippen LogP contribution in [0.1, 0.15) is 63.8 Å². The summed E-state index contributed by atoms with van der Waals surface area (Å²) >= 11 is 0. The number of carbonyl (C=O) groups is 2. The van der Waals surface area contributed by atoms with Crippen molar-refractivity contribution in [2.24, 2.45) is 11.8 Å². The Balaban J connectivity index is 1.65. The highest BCUT2D eigenvalue weighted by Crippen LogP contribution is 2.54. The van der Waals surface area contributed by atoms with E-state index in [2.05, 4.69) is 23.6 Å². The Bertz CT molecular complexity index is 825. The first-order valence-corrected chi connectivity index (χ1v) is 10.4. The molecule has 3 aliphatic heterocycles. The Morgan fingerprint density at radius 3 is 2.86 bits per heavy atom. The van der Waals surface area contributed by atoms with Gasteiger partial charge in [0.2, 0.25) is 5.79 Å². The summed E-state index contributed by atoms with van der Waals surface area (Å²) in [6.45, 7) is 6.59. The van der Waals surface area contributed by atoms with E-state index in [1.54, 1.807) is 13.8 Å². The van der Waals surface area contributed by atoms with E-state index in [9.17, 15) is 14.7 Å². The molecular weight excluding hydrogens is 358 g/mol. The van der Waals surface area contributed by atoms with Crippen molar-refractivity contribution in [3.05, 3.63) is 35.2 Å². The topological polar surface area (TPSA) is 77.8 Å². The number of fused-ring (bicyclic) bond motifs is 3. The van der Waals surface area contributed by atoms with Crippen LogP contribution in [0.25, 0.3) is 0 Å². The zero-order valence-corrected chi connectivity index (χ0v) is 16.8. The van der Waals surface area contributed by atoms with Gasteiger partial charge in [-0.25, -0.2) is 4.79 Å². The molecule has 1 aromatic rings. The van der Waals surface area contributed by atoms with E-state index in [0.717, 1.165) is 32.2 Å². The number of esters is 1. The zero-order chi connectivity index (χ0) is 20.1. The Hall–Kier alpha value is -2.08. The first kappa shape index (κ1) is 19.2. The molecule has 152 valence electrons. The van der Waals surface area contributed by atoms with Crippen molar-refractivity contribution in [1.82, 2.24) is 4.57 Å². The molecule has 1 fully saturated rings. The summed E-state index contributed by atoms with van der Waals surface area (Å²) in [5.74, 6) is -2.06. The van der Waals surface area contributed by atoms with Crippen molar-refractivity contribution >= 4 is 11.9 Å². The van der Waals surface area contributed by atoms with E-state index >= 15 is 0 Å². The Morgan fingerprint density at radius 2 is 2.21 bits per heavy atom. The van der Waals surface area contributed by atoms with Gasteiger partial charge in [-0.2, -0.15) is 0 Å². The van der Waals surface area contributed by atoms with Gasteiger partial charge in [0.1, 0.15) is 0 Å². The van der Waals surface area contributed by atoms with Gasteiger partial charge in [-0.15, -0.1) is 0 Å². The summed E-state index contributed by atoms with van der Waals surface area (Å²) in [5, 5.41) is 9.17. The average molecular weight is 387 g/mol.